The van der Waals surface area contributed by atoms with Gasteiger partial charge in [0.25, 0.3) is 0 Å². The summed E-state index contributed by atoms with van der Waals surface area (Å²) >= 11 is 0. The summed E-state index contributed by atoms with van der Waals surface area (Å²) in [6.45, 7) is 4.08. The number of urea groups is 1. The van der Waals surface area contributed by atoms with Crippen molar-refractivity contribution in [2.45, 2.75) is 25.8 Å². The fraction of sp³-hybridized carbons (Fsp3) is 0.350. The minimum absolute atomic E-state index is 0.0394. The molecule has 0 unspecified atom stereocenters. The van der Waals surface area contributed by atoms with Crippen LogP contribution in [0.4, 0.5) is 10.5 Å². The Bertz CT molecular complexity index is 672. The fourth-order valence-electron chi connectivity index (χ4n) is 3.13. The molecule has 0 spiro atoms. The van der Waals surface area contributed by atoms with Crippen molar-refractivity contribution in [1.29, 1.82) is 0 Å². The van der Waals surface area contributed by atoms with E-state index in [1.54, 1.807) is 0 Å². The Balaban J connectivity index is 1.68. The van der Waals surface area contributed by atoms with Gasteiger partial charge in [-0.25, -0.2) is 4.79 Å². The van der Waals surface area contributed by atoms with Crippen molar-refractivity contribution in [3.63, 3.8) is 0 Å². The van der Waals surface area contributed by atoms with E-state index in [1.165, 1.54) is 0 Å². The number of ether oxygens (including phenoxy) is 1. The Hall–Kier alpha value is -2.33. The van der Waals surface area contributed by atoms with Crippen molar-refractivity contribution in [2.75, 3.05) is 25.1 Å². The lowest BCUT2D eigenvalue weighted by Crippen LogP contribution is -2.41. The molecule has 24 heavy (non-hydrogen) atoms. The van der Waals surface area contributed by atoms with Crippen LogP contribution in [0.1, 0.15) is 19.8 Å². The molecule has 1 fully saturated rings. The molecule has 0 saturated carbocycles. The van der Waals surface area contributed by atoms with Crippen LogP contribution < -0.4 is 5.32 Å². The molecule has 4 heteroatoms. The van der Waals surface area contributed by atoms with Crippen LogP contribution in [0.5, 0.6) is 0 Å². The molecule has 1 aliphatic heterocycles. The highest BCUT2D eigenvalue weighted by atomic mass is 16.5. The van der Waals surface area contributed by atoms with Crippen molar-refractivity contribution in [1.82, 2.24) is 4.90 Å². The average molecular weight is 324 g/mol. The van der Waals surface area contributed by atoms with Crippen LogP contribution in [0.3, 0.4) is 0 Å². The number of carbonyl (C=O) groups is 1. The van der Waals surface area contributed by atoms with Crippen LogP contribution >= 0.6 is 0 Å². The first-order chi connectivity index (χ1) is 11.8. The second kappa shape index (κ2) is 7.97. The van der Waals surface area contributed by atoms with Crippen molar-refractivity contribution in [2.24, 2.45) is 0 Å². The van der Waals surface area contributed by atoms with Gasteiger partial charge in [0.05, 0.1) is 12.6 Å². The van der Waals surface area contributed by atoms with Gasteiger partial charge in [0.2, 0.25) is 0 Å². The summed E-state index contributed by atoms with van der Waals surface area (Å²) in [6, 6.07) is 18.3. The lowest BCUT2D eigenvalue weighted by Gasteiger charge is -2.24. The zero-order chi connectivity index (χ0) is 16.8. The summed E-state index contributed by atoms with van der Waals surface area (Å²) < 4.78 is 5.50. The average Bonchev–Trinajstić information content (AvgIpc) is 3.09. The highest BCUT2D eigenvalue weighted by Gasteiger charge is 2.28. The van der Waals surface area contributed by atoms with Crippen LogP contribution in [0, 0.1) is 0 Å². The van der Waals surface area contributed by atoms with Crippen molar-refractivity contribution in [3.05, 3.63) is 54.6 Å². The van der Waals surface area contributed by atoms with Crippen LogP contribution in [-0.2, 0) is 4.74 Å². The molecule has 4 nitrogen and oxygen atoms in total. The van der Waals surface area contributed by atoms with E-state index in [2.05, 4.69) is 23.5 Å². The Morgan fingerprint density at radius 1 is 1.17 bits per heavy atom. The Kier molecular flexibility index (Phi) is 5.49. The molecule has 0 aromatic heterocycles. The lowest BCUT2D eigenvalue weighted by molar-refractivity contribution is 0.0970. The zero-order valence-electron chi connectivity index (χ0n) is 14.1. The highest BCUT2D eigenvalue weighted by molar-refractivity contribution is 5.90. The summed E-state index contributed by atoms with van der Waals surface area (Å²) in [5.41, 5.74) is 3.06. The van der Waals surface area contributed by atoms with Gasteiger partial charge in [-0.3, -0.25) is 0 Å². The van der Waals surface area contributed by atoms with E-state index < -0.39 is 0 Å². The van der Waals surface area contributed by atoms with Gasteiger partial charge in [-0.1, -0.05) is 42.5 Å². The summed E-state index contributed by atoms with van der Waals surface area (Å²) in [7, 11) is 0. The molecule has 2 amide bonds. The fourth-order valence-corrected chi connectivity index (χ4v) is 3.13. The normalized spacial score (nSPS) is 17.0. The third-order valence-corrected chi connectivity index (χ3v) is 4.37. The van der Waals surface area contributed by atoms with Crippen LogP contribution in [0.25, 0.3) is 11.1 Å². The Labute approximate surface area is 143 Å². The lowest BCUT2D eigenvalue weighted by atomic mass is 10.1. The Morgan fingerprint density at radius 3 is 2.75 bits per heavy atom. The number of nitrogens with zero attached hydrogens (tertiary/aromatic N) is 1. The number of hydrogen-bond donors (Lipinski definition) is 1. The summed E-state index contributed by atoms with van der Waals surface area (Å²) in [4.78, 5) is 14.5. The SMILES string of the molecule is CCOC[C@@H]1CCCN1C(=O)Nc1cccc(-c2ccccc2)c1. The molecular weight excluding hydrogens is 300 g/mol. The number of hydrogen-bond acceptors (Lipinski definition) is 2. The minimum Gasteiger partial charge on any atom is -0.380 e. The van der Waals surface area contributed by atoms with Gasteiger partial charge in [-0.15, -0.1) is 0 Å². The largest absolute Gasteiger partial charge is 0.380 e. The number of likely N-dealkylation sites (tertiary alicyclic amines) is 1. The molecule has 2 aromatic rings. The van der Waals surface area contributed by atoms with Gasteiger partial charge in [0.15, 0.2) is 0 Å². The smallest absolute Gasteiger partial charge is 0.322 e. The molecule has 1 N–H and O–H groups in total. The molecule has 2 aromatic carbocycles. The van der Waals surface area contributed by atoms with E-state index >= 15 is 0 Å². The van der Waals surface area contributed by atoms with Crippen LogP contribution in [0.15, 0.2) is 54.6 Å². The first kappa shape index (κ1) is 16.5. The third-order valence-electron chi connectivity index (χ3n) is 4.37. The molecule has 1 aliphatic rings. The monoisotopic (exact) mass is 324 g/mol. The third kappa shape index (κ3) is 3.95. The minimum atomic E-state index is -0.0394. The first-order valence-corrected chi connectivity index (χ1v) is 8.59. The number of rotatable bonds is 5. The second-order valence-corrected chi connectivity index (χ2v) is 6.03. The maximum Gasteiger partial charge on any atom is 0.322 e. The zero-order valence-corrected chi connectivity index (χ0v) is 14.1. The van der Waals surface area contributed by atoms with E-state index in [0.29, 0.717) is 13.2 Å². The van der Waals surface area contributed by atoms with Crippen molar-refractivity contribution in [3.8, 4) is 11.1 Å². The van der Waals surface area contributed by atoms with E-state index in [9.17, 15) is 4.79 Å². The van der Waals surface area contributed by atoms with E-state index in [-0.39, 0.29) is 12.1 Å². The van der Waals surface area contributed by atoms with Gasteiger partial charge >= 0.3 is 6.03 Å². The molecule has 126 valence electrons. The number of amides is 2. The summed E-state index contributed by atoms with van der Waals surface area (Å²) in [6.07, 6.45) is 2.05. The molecule has 0 aliphatic carbocycles. The van der Waals surface area contributed by atoms with Gasteiger partial charge in [0.1, 0.15) is 0 Å². The summed E-state index contributed by atoms with van der Waals surface area (Å²) in [5.74, 6) is 0. The van der Waals surface area contributed by atoms with Crippen LogP contribution in [-0.4, -0.2) is 36.7 Å². The van der Waals surface area contributed by atoms with Crippen LogP contribution in [0.2, 0.25) is 0 Å². The topological polar surface area (TPSA) is 41.6 Å². The Morgan fingerprint density at radius 2 is 1.96 bits per heavy atom. The van der Waals surface area contributed by atoms with Gasteiger partial charge in [-0.05, 0) is 43.0 Å². The molecule has 1 saturated heterocycles. The number of nitrogens with one attached hydrogen (secondary N) is 1. The summed E-state index contributed by atoms with van der Waals surface area (Å²) in [5, 5.41) is 3.03. The molecule has 1 atom stereocenters. The number of carbonyl (C=O) groups excluding carboxylic acids is 1. The molecule has 0 bridgehead atoms. The van der Waals surface area contributed by atoms with Gasteiger partial charge in [-0.2, -0.15) is 0 Å². The van der Waals surface area contributed by atoms with Crippen molar-refractivity contribution < 1.29 is 9.53 Å². The maximum absolute atomic E-state index is 12.6. The molecule has 3 rings (SSSR count). The van der Waals surface area contributed by atoms with Gasteiger partial charge in [0, 0.05) is 18.8 Å². The predicted molar refractivity (Wildman–Crippen MR) is 97.1 cm³/mol. The highest BCUT2D eigenvalue weighted by Crippen LogP contribution is 2.24. The maximum atomic E-state index is 12.6. The van der Waals surface area contributed by atoms with E-state index in [4.69, 9.17) is 4.74 Å². The number of benzene rings is 2. The molecule has 1 heterocycles. The number of anilines is 1. The molecule has 0 radical (unpaired) electrons. The predicted octanol–water partition coefficient (Wildman–Crippen LogP) is 4.39. The quantitative estimate of drug-likeness (QED) is 0.886. The standard InChI is InChI=1S/C20H24N2O2/c1-2-24-15-19-12-7-13-22(19)20(23)21-18-11-6-10-17(14-18)16-8-4-3-5-9-16/h3-6,8-11,14,19H,2,7,12-13,15H2,1H3,(H,21,23)/t19-/m0/s1. The van der Waals surface area contributed by atoms with E-state index in [1.807, 2.05) is 48.2 Å². The van der Waals surface area contributed by atoms with Crippen molar-refractivity contribution >= 4 is 11.7 Å². The molecular formula is C20H24N2O2. The first-order valence-electron chi connectivity index (χ1n) is 8.59. The van der Waals surface area contributed by atoms with E-state index in [0.717, 1.165) is 36.2 Å². The van der Waals surface area contributed by atoms with Gasteiger partial charge < -0.3 is 15.0 Å². The second-order valence-electron chi connectivity index (χ2n) is 6.03.